The highest BCUT2D eigenvalue weighted by Gasteiger charge is 2.22. The van der Waals surface area contributed by atoms with Crippen molar-refractivity contribution in [3.05, 3.63) is 0 Å². The summed E-state index contributed by atoms with van der Waals surface area (Å²) in [7, 11) is 0. The second-order valence-electron chi connectivity index (χ2n) is 3.32. The zero-order chi connectivity index (χ0) is 8.10. The third-order valence-electron chi connectivity index (χ3n) is 2.40. The summed E-state index contributed by atoms with van der Waals surface area (Å²) in [6.07, 6.45) is 7.70. The summed E-state index contributed by atoms with van der Waals surface area (Å²) in [4.78, 5) is 0. The molecule has 2 atom stereocenters. The maximum Gasteiger partial charge on any atom is 0.00779 e. The molecule has 1 nitrogen and oxygen atoms in total. The van der Waals surface area contributed by atoms with Crippen molar-refractivity contribution in [2.45, 2.75) is 43.9 Å². The van der Waals surface area contributed by atoms with Crippen molar-refractivity contribution in [1.82, 2.24) is 5.32 Å². The van der Waals surface area contributed by atoms with Gasteiger partial charge >= 0.3 is 0 Å². The molecule has 0 heterocycles. The molecule has 0 radical (unpaired) electrons. The molecule has 11 heavy (non-hydrogen) atoms. The van der Waals surface area contributed by atoms with Crippen molar-refractivity contribution in [2.75, 3.05) is 12.8 Å². The van der Waals surface area contributed by atoms with Gasteiger partial charge in [0.2, 0.25) is 0 Å². The molecule has 0 aromatic rings. The minimum Gasteiger partial charge on any atom is -0.314 e. The molecule has 1 aliphatic carbocycles. The van der Waals surface area contributed by atoms with E-state index in [4.69, 9.17) is 0 Å². The Bertz CT molecular complexity index is 106. The van der Waals surface area contributed by atoms with Gasteiger partial charge in [-0.1, -0.05) is 6.92 Å². The second-order valence-corrected chi connectivity index (χ2v) is 4.46. The third kappa shape index (κ3) is 3.04. The van der Waals surface area contributed by atoms with E-state index in [1.165, 1.54) is 32.2 Å². The Morgan fingerprint density at radius 3 is 2.82 bits per heavy atom. The van der Waals surface area contributed by atoms with Gasteiger partial charge in [0, 0.05) is 11.3 Å². The molecule has 0 spiro atoms. The first-order chi connectivity index (χ1) is 5.36. The lowest BCUT2D eigenvalue weighted by Crippen LogP contribution is -2.27. The molecule has 1 N–H and O–H groups in total. The lowest BCUT2D eigenvalue weighted by atomic mass is 10.2. The average molecular weight is 173 g/mol. The van der Waals surface area contributed by atoms with E-state index in [0.29, 0.717) is 0 Å². The van der Waals surface area contributed by atoms with E-state index in [2.05, 4.69) is 18.5 Å². The molecule has 66 valence electrons. The molecule has 1 aliphatic rings. The summed E-state index contributed by atoms with van der Waals surface area (Å²) < 4.78 is 0. The van der Waals surface area contributed by atoms with Gasteiger partial charge in [0.25, 0.3) is 0 Å². The lowest BCUT2D eigenvalue weighted by molar-refractivity contribution is 0.524. The number of hydrogen-bond acceptors (Lipinski definition) is 2. The standard InChI is InChI=1S/C9H19NS/c1-3-6-10-8-4-5-9(7-8)11-2/h8-10H,3-7H2,1-2H3. The van der Waals surface area contributed by atoms with Gasteiger partial charge in [-0.3, -0.25) is 0 Å². The van der Waals surface area contributed by atoms with Crippen LogP contribution in [0.4, 0.5) is 0 Å². The number of hydrogen-bond donors (Lipinski definition) is 1. The minimum absolute atomic E-state index is 0.826. The van der Waals surface area contributed by atoms with Crippen LogP contribution in [-0.4, -0.2) is 24.1 Å². The molecule has 0 aliphatic heterocycles. The summed E-state index contributed by atoms with van der Waals surface area (Å²) in [6, 6.07) is 0.826. The highest BCUT2D eigenvalue weighted by Crippen LogP contribution is 2.27. The zero-order valence-corrected chi connectivity index (χ0v) is 8.41. The first-order valence-corrected chi connectivity index (χ1v) is 5.91. The van der Waals surface area contributed by atoms with Crippen molar-refractivity contribution in [1.29, 1.82) is 0 Å². The van der Waals surface area contributed by atoms with Gasteiger partial charge in [0.1, 0.15) is 0 Å². The van der Waals surface area contributed by atoms with Crippen LogP contribution in [0.15, 0.2) is 0 Å². The fourth-order valence-electron chi connectivity index (χ4n) is 1.69. The van der Waals surface area contributed by atoms with Gasteiger partial charge in [0.05, 0.1) is 0 Å². The van der Waals surface area contributed by atoms with E-state index in [1.807, 2.05) is 11.8 Å². The summed E-state index contributed by atoms with van der Waals surface area (Å²) >= 11 is 2.03. The van der Waals surface area contributed by atoms with Crippen LogP contribution in [0, 0.1) is 0 Å². The maximum atomic E-state index is 3.58. The van der Waals surface area contributed by atoms with Crippen molar-refractivity contribution in [3.8, 4) is 0 Å². The zero-order valence-electron chi connectivity index (χ0n) is 7.60. The fourth-order valence-corrected chi connectivity index (χ4v) is 2.48. The van der Waals surface area contributed by atoms with Crippen LogP contribution in [0.5, 0.6) is 0 Å². The lowest BCUT2D eigenvalue weighted by Gasteiger charge is -2.10. The van der Waals surface area contributed by atoms with Gasteiger partial charge in [-0.2, -0.15) is 11.8 Å². The predicted molar refractivity (Wildman–Crippen MR) is 53.2 cm³/mol. The highest BCUT2D eigenvalue weighted by molar-refractivity contribution is 7.99. The average Bonchev–Trinajstić information content (AvgIpc) is 2.48. The normalized spacial score (nSPS) is 31.1. The van der Waals surface area contributed by atoms with E-state index in [9.17, 15) is 0 Å². The molecule has 1 saturated carbocycles. The Morgan fingerprint density at radius 1 is 1.45 bits per heavy atom. The molecule has 0 amide bonds. The molecule has 0 aromatic heterocycles. The SMILES string of the molecule is CCCNC1CCC(SC)C1. The predicted octanol–water partition coefficient (Wildman–Crippen LogP) is 2.27. The third-order valence-corrected chi connectivity index (χ3v) is 3.50. The van der Waals surface area contributed by atoms with Crippen molar-refractivity contribution >= 4 is 11.8 Å². The monoisotopic (exact) mass is 173 g/mol. The van der Waals surface area contributed by atoms with E-state index < -0.39 is 0 Å². The molecular formula is C9H19NS. The minimum atomic E-state index is 0.826. The second kappa shape index (κ2) is 5.04. The van der Waals surface area contributed by atoms with Gasteiger partial charge in [-0.25, -0.2) is 0 Å². The molecule has 1 rings (SSSR count). The summed E-state index contributed by atoms with van der Waals surface area (Å²) in [5.74, 6) is 0. The fraction of sp³-hybridized carbons (Fsp3) is 1.00. The van der Waals surface area contributed by atoms with Crippen molar-refractivity contribution in [2.24, 2.45) is 0 Å². The molecule has 0 aromatic carbocycles. The van der Waals surface area contributed by atoms with E-state index in [0.717, 1.165) is 11.3 Å². The van der Waals surface area contributed by atoms with Crippen LogP contribution in [0.2, 0.25) is 0 Å². The van der Waals surface area contributed by atoms with Crippen molar-refractivity contribution in [3.63, 3.8) is 0 Å². The van der Waals surface area contributed by atoms with Gasteiger partial charge in [-0.15, -0.1) is 0 Å². The number of rotatable bonds is 4. The first kappa shape index (κ1) is 9.40. The van der Waals surface area contributed by atoms with Gasteiger partial charge < -0.3 is 5.32 Å². The molecular weight excluding hydrogens is 154 g/mol. The van der Waals surface area contributed by atoms with E-state index in [1.54, 1.807) is 0 Å². The van der Waals surface area contributed by atoms with Crippen LogP contribution in [0.1, 0.15) is 32.6 Å². The Labute approximate surface area is 74.3 Å². The van der Waals surface area contributed by atoms with Crippen LogP contribution < -0.4 is 5.32 Å². The molecule has 0 bridgehead atoms. The molecule has 2 heteroatoms. The number of thioether (sulfide) groups is 1. The largest absolute Gasteiger partial charge is 0.314 e. The Balaban J connectivity index is 2.09. The smallest absolute Gasteiger partial charge is 0.00779 e. The summed E-state index contributed by atoms with van der Waals surface area (Å²) in [5, 5.41) is 4.52. The quantitative estimate of drug-likeness (QED) is 0.700. The van der Waals surface area contributed by atoms with Crippen LogP contribution in [0.25, 0.3) is 0 Å². The molecule has 1 fully saturated rings. The molecule has 2 unspecified atom stereocenters. The Hall–Kier alpha value is 0.310. The van der Waals surface area contributed by atoms with Crippen molar-refractivity contribution < 1.29 is 0 Å². The first-order valence-electron chi connectivity index (χ1n) is 4.63. The molecule has 0 saturated heterocycles. The van der Waals surface area contributed by atoms with Crippen LogP contribution >= 0.6 is 11.8 Å². The van der Waals surface area contributed by atoms with Gasteiger partial charge in [-0.05, 0) is 38.5 Å². The Morgan fingerprint density at radius 2 is 2.27 bits per heavy atom. The summed E-state index contributed by atoms with van der Waals surface area (Å²) in [6.45, 7) is 3.43. The van der Waals surface area contributed by atoms with Gasteiger partial charge in [0.15, 0.2) is 0 Å². The van der Waals surface area contributed by atoms with E-state index in [-0.39, 0.29) is 0 Å². The number of nitrogens with one attached hydrogen (secondary N) is 1. The van der Waals surface area contributed by atoms with E-state index >= 15 is 0 Å². The van der Waals surface area contributed by atoms with Crippen LogP contribution in [-0.2, 0) is 0 Å². The Kier molecular flexibility index (Phi) is 4.31. The highest BCUT2D eigenvalue weighted by atomic mass is 32.2. The summed E-state index contributed by atoms with van der Waals surface area (Å²) in [5.41, 5.74) is 0. The topological polar surface area (TPSA) is 12.0 Å². The maximum absolute atomic E-state index is 3.58. The van der Waals surface area contributed by atoms with Crippen LogP contribution in [0.3, 0.4) is 0 Å².